The number of para-hydroxylation sites is 2. The molecule has 3 heterocycles. The van der Waals surface area contributed by atoms with Crippen molar-refractivity contribution >= 4 is 22.5 Å². The smallest absolute Gasteiger partial charge is 0.168 e. The average molecular weight is 386 g/mol. The van der Waals surface area contributed by atoms with Crippen molar-refractivity contribution in [3.05, 3.63) is 72.7 Å². The van der Waals surface area contributed by atoms with Crippen molar-refractivity contribution in [3.63, 3.8) is 0 Å². The molecule has 1 aliphatic heterocycles. The number of aliphatic hydroxyl groups excluding tert-OH is 1. The van der Waals surface area contributed by atoms with Crippen LogP contribution in [-0.4, -0.2) is 51.0 Å². The molecule has 1 N–H and O–H groups in total. The molecule has 1 saturated heterocycles. The zero-order valence-corrected chi connectivity index (χ0v) is 16.0. The second kappa shape index (κ2) is 7.52. The van der Waals surface area contributed by atoms with Crippen molar-refractivity contribution in [2.75, 3.05) is 36.0 Å². The number of fused-ring (bicyclic) bond motifs is 1. The number of rotatable bonds is 4. The Bertz CT molecular complexity index is 1120. The third-order valence-corrected chi connectivity index (χ3v) is 5.43. The Kier molecular flexibility index (Phi) is 4.57. The van der Waals surface area contributed by atoms with Crippen LogP contribution < -0.4 is 9.80 Å². The van der Waals surface area contributed by atoms with E-state index in [1.165, 1.54) is 0 Å². The first-order chi connectivity index (χ1) is 14.3. The van der Waals surface area contributed by atoms with Crippen molar-refractivity contribution in [2.45, 2.75) is 6.61 Å². The van der Waals surface area contributed by atoms with Gasteiger partial charge in [-0.1, -0.05) is 36.4 Å². The maximum Gasteiger partial charge on any atom is 0.168 e. The van der Waals surface area contributed by atoms with Crippen molar-refractivity contribution in [1.82, 2.24) is 19.7 Å². The minimum atomic E-state index is 0.0571. The van der Waals surface area contributed by atoms with Crippen LogP contribution in [0.25, 0.3) is 16.7 Å². The molecule has 0 amide bonds. The van der Waals surface area contributed by atoms with Gasteiger partial charge in [-0.3, -0.25) is 0 Å². The van der Waals surface area contributed by atoms with E-state index in [4.69, 9.17) is 0 Å². The summed E-state index contributed by atoms with van der Waals surface area (Å²) in [5, 5.41) is 15.1. The van der Waals surface area contributed by atoms with Gasteiger partial charge < -0.3 is 14.9 Å². The largest absolute Gasteiger partial charge is 0.392 e. The zero-order chi connectivity index (χ0) is 19.6. The molecule has 29 heavy (non-hydrogen) atoms. The molecule has 1 aliphatic rings. The summed E-state index contributed by atoms with van der Waals surface area (Å²) in [6.07, 6.45) is 3.47. The number of hydrogen-bond donors (Lipinski definition) is 1. The molecule has 0 unspecified atom stereocenters. The first kappa shape index (κ1) is 17.6. The number of aliphatic hydroxyl groups is 1. The fourth-order valence-corrected chi connectivity index (χ4v) is 3.95. The molecule has 0 spiro atoms. The molecule has 0 aliphatic carbocycles. The van der Waals surface area contributed by atoms with E-state index in [9.17, 15) is 5.11 Å². The standard InChI is InChI=1S/C22H22N6O/c29-15-17-6-4-5-9-20(17)26-10-12-27(13-11-26)21-19-14-25-28(22(19)24-16-23-21)18-7-2-1-3-8-18/h1-9,14,16,29H,10-13,15H2. The molecule has 4 aromatic rings. The van der Waals surface area contributed by atoms with Gasteiger partial charge in [-0.25, -0.2) is 14.6 Å². The molecule has 7 nitrogen and oxygen atoms in total. The second-order valence-electron chi connectivity index (χ2n) is 7.09. The van der Waals surface area contributed by atoms with Gasteiger partial charge in [0.1, 0.15) is 12.1 Å². The van der Waals surface area contributed by atoms with E-state index in [0.29, 0.717) is 0 Å². The molecule has 0 radical (unpaired) electrons. The minimum Gasteiger partial charge on any atom is -0.392 e. The fourth-order valence-electron chi connectivity index (χ4n) is 3.95. The molecule has 5 rings (SSSR count). The van der Waals surface area contributed by atoms with E-state index in [2.05, 4.69) is 30.9 Å². The van der Waals surface area contributed by atoms with Crippen molar-refractivity contribution < 1.29 is 5.11 Å². The first-order valence-corrected chi connectivity index (χ1v) is 9.78. The van der Waals surface area contributed by atoms with Gasteiger partial charge in [0.05, 0.1) is 23.9 Å². The minimum absolute atomic E-state index is 0.0571. The van der Waals surface area contributed by atoms with Crippen molar-refractivity contribution in [1.29, 1.82) is 0 Å². The predicted octanol–water partition coefficient (Wildman–Crippen LogP) is 2.63. The first-order valence-electron chi connectivity index (χ1n) is 9.78. The van der Waals surface area contributed by atoms with Crippen LogP contribution in [0.2, 0.25) is 0 Å². The molecule has 0 saturated carbocycles. The fraction of sp³-hybridized carbons (Fsp3) is 0.227. The Balaban J connectivity index is 1.41. The molecule has 0 bridgehead atoms. The summed E-state index contributed by atoms with van der Waals surface area (Å²) in [6, 6.07) is 18.1. The van der Waals surface area contributed by atoms with Gasteiger partial charge in [-0.05, 0) is 18.2 Å². The van der Waals surface area contributed by atoms with Crippen LogP contribution in [0.15, 0.2) is 67.1 Å². The molecule has 2 aromatic carbocycles. The molecule has 7 heteroatoms. The molecular weight excluding hydrogens is 364 g/mol. The van der Waals surface area contributed by atoms with Crippen LogP contribution in [0.4, 0.5) is 11.5 Å². The lowest BCUT2D eigenvalue weighted by Crippen LogP contribution is -2.47. The summed E-state index contributed by atoms with van der Waals surface area (Å²) in [5.74, 6) is 0.923. The van der Waals surface area contributed by atoms with Crippen LogP contribution in [0.5, 0.6) is 0 Å². The maximum absolute atomic E-state index is 9.63. The molecular formula is C22H22N6O. The Morgan fingerprint density at radius 2 is 1.55 bits per heavy atom. The number of aromatic nitrogens is 4. The Labute approximate surface area is 168 Å². The molecule has 0 atom stereocenters. The Morgan fingerprint density at radius 3 is 2.34 bits per heavy atom. The highest BCUT2D eigenvalue weighted by atomic mass is 16.3. The SMILES string of the molecule is OCc1ccccc1N1CCN(c2ncnc3c2cnn3-c2ccccc2)CC1. The number of benzene rings is 2. The Morgan fingerprint density at radius 1 is 0.828 bits per heavy atom. The zero-order valence-electron chi connectivity index (χ0n) is 16.0. The van der Waals surface area contributed by atoms with Crippen LogP contribution in [0, 0.1) is 0 Å². The highest BCUT2D eigenvalue weighted by molar-refractivity contribution is 5.87. The second-order valence-corrected chi connectivity index (χ2v) is 7.09. The Hall–Kier alpha value is -3.45. The van der Waals surface area contributed by atoms with Gasteiger partial charge in [0.25, 0.3) is 0 Å². The molecule has 146 valence electrons. The highest BCUT2D eigenvalue weighted by Crippen LogP contribution is 2.27. The summed E-state index contributed by atoms with van der Waals surface area (Å²) in [5.41, 5.74) is 3.88. The average Bonchev–Trinajstić information content (AvgIpc) is 3.24. The van der Waals surface area contributed by atoms with Crippen LogP contribution in [0.3, 0.4) is 0 Å². The van der Waals surface area contributed by atoms with E-state index >= 15 is 0 Å². The summed E-state index contributed by atoms with van der Waals surface area (Å²) in [6.45, 7) is 3.50. The van der Waals surface area contributed by atoms with E-state index in [1.54, 1.807) is 6.33 Å². The summed E-state index contributed by atoms with van der Waals surface area (Å²) >= 11 is 0. The lowest BCUT2D eigenvalue weighted by molar-refractivity contribution is 0.282. The highest BCUT2D eigenvalue weighted by Gasteiger charge is 2.22. The van der Waals surface area contributed by atoms with E-state index < -0.39 is 0 Å². The number of piperazine rings is 1. The van der Waals surface area contributed by atoms with Crippen LogP contribution in [-0.2, 0) is 6.61 Å². The predicted molar refractivity (Wildman–Crippen MR) is 113 cm³/mol. The van der Waals surface area contributed by atoms with Gasteiger partial charge in [-0.15, -0.1) is 0 Å². The third-order valence-electron chi connectivity index (χ3n) is 5.43. The van der Waals surface area contributed by atoms with Gasteiger partial charge in [-0.2, -0.15) is 5.10 Å². The monoisotopic (exact) mass is 386 g/mol. The van der Waals surface area contributed by atoms with Crippen LogP contribution >= 0.6 is 0 Å². The third kappa shape index (κ3) is 3.19. The van der Waals surface area contributed by atoms with Gasteiger partial charge in [0, 0.05) is 37.4 Å². The lowest BCUT2D eigenvalue weighted by Gasteiger charge is -2.37. The van der Waals surface area contributed by atoms with Crippen molar-refractivity contribution in [3.8, 4) is 5.69 Å². The van der Waals surface area contributed by atoms with E-state index in [-0.39, 0.29) is 6.61 Å². The maximum atomic E-state index is 9.63. The number of anilines is 2. The van der Waals surface area contributed by atoms with Gasteiger partial charge in [0.15, 0.2) is 5.65 Å². The lowest BCUT2D eigenvalue weighted by atomic mass is 10.1. The number of hydrogen-bond acceptors (Lipinski definition) is 6. The van der Waals surface area contributed by atoms with Gasteiger partial charge >= 0.3 is 0 Å². The van der Waals surface area contributed by atoms with E-state index in [1.807, 2.05) is 59.4 Å². The summed E-state index contributed by atoms with van der Waals surface area (Å²) in [7, 11) is 0. The summed E-state index contributed by atoms with van der Waals surface area (Å²) in [4.78, 5) is 13.7. The van der Waals surface area contributed by atoms with Crippen LogP contribution in [0.1, 0.15) is 5.56 Å². The van der Waals surface area contributed by atoms with Crippen molar-refractivity contribution in [2.24, 2.45) is 0 Å². The van der Waals surface area contributed by atoms with E-state index in [0.717, 1.165) is 60.0 Å². The number of nitrogens with zero attached hydrogens (tertiary/aromatic N) is 6. The summed E-state index contributed by atoms with van der Waals surface area (Å²) < 4.78 is 1.86. The molecule has 2 aromatic heterocycles. The normalized spacial score (nSPS) is 14.5. The quantitative estimate of drug-likeness (QED) is 0.581. The van der Waals surface area contributed by atoms with Gasteiger partial charge in [0.2, 0.25) is 0 Å². The molecule has 1 fully saturated rings. The topological polar surface area (TPSA) is 70.3 Å².